The average molecular weight is 259 g/mol. The number of hydrogen-bond donors (Lipinski definition) is 1. The topological polar surface area (TPSA) is 45.8 Å². The monoisotopic (exact) mass is 258 g/mol. The number of aromatic nitrogens is 2. The molecule has 0 unspecified atom stereocenters. The molecule has 2 heterocycles. The van der Waals surface area contributed by atoms with Crippen LogP contribution in [-0.2, 0) is 0 Å². The van der Waals surface area contributed by atoms with Crippen molar-refractivity contribution in [2.75, 3.05) is 0 Å². The third-order valence-electron chi connectivity index (χ3n) is 1.65. The molecule has 0 saturated heterocycles. The fourth-order valence-corrected chi connectivity index (χ4v) is 1.55. The average Bonchev–Trinajstić information content (AvgIpc) is 2.08. The van der Waals surface area contributed by atoms with E-state index in [2.05, 4.69) is 25.9 Å². The van der Waals surface area contributed by atoms with E-state index in [0.717, 1.165) is 5.39 Å². The SMILES string of the molecule is O=c1[nH]c2cc(Cl)ncc2cc1Br. The van der Waals surface area contributed by atoms with Crippen molar-refractivity contribution in [3.05, 3.63) is 38.3 Å². The first-order valence-corrected chi connectivity index (χ1v) is 4.68. The molecule has 2 aromatic heterocycles. The van der Waals surface area contributed by atoms with Crippen molar-refractivity contribution in [1.29, 1.82) is 0 Å². The Morgan fingerprint density at radius 2 is 2.23 bits per heavy atom. The van der Waals surface area contributed by atoms with Crippen LogP contribution in [0.1, 0.15) is 0 Å². The van der Waals surface area contributed by atoms with Crippen LogP contribution in [0.2, 0.25) is 5.15 Å². The number of halogens is 2. The maximum absolute atomic E-state index is 11.2. The van der Waals surface area contributed by atoms with Gasteiger partial charge >= 0.3 is 0 Å². The van der Waals surface area contributed by atoms with E-state index in [4.69, 9.17) is 11.6 Å². The molecule has 1 N–H and O–H groups in total. The van der Waals surface area contributed by atoms with E-state index in [1.54, 1.807) is 18.3 Å². The Kier molecular flexibility index (Phi) is 2.09. The van der Waals surface area contributed by atoms with Crippen LogP contribution < -0.4 is 5.56 Å². The molecule has 0 radical (unpaired) electrons. The molecule has 13 heavy (non-hydrogen) atoms. The van der Waals surface area contributed by atoms with Gasteiger partial charge in [-0.05, 0) is 28.1 Å². The fourth-order valence-electron chi connectivity index (χ4n) is 1.05. The van der Waals surface area contributed by atoms with E-state index >= 15 is 0 Å². The Labute approximate surface area is 86.9 Å². The third kappa shape index (κ3) is 1.59. The van der Waals surface area contributed by atoms with Crippen LogP contribution in [0.25, 0.3) is 10.9 Å². The van der Waals surface area contributed by atoms with Gasteiger partial charge in [-0.2, -0.15) is 0 Å². The van der Waals surface area contributed by atoms with E-state index in [1.165, 1.54) is 0 Å². The first kappa shape index (κ1) is 8.72. The smallest absolute Gasteiger partial charge is 0.262 e. The normalized spacial score (nSPS) is 10.6. The number of aromatic amines is 1. The zero-order valence-electron chi connectivity index (χ0n) is 6.34. The quantitative estimate of drug-likeness (QED) is 0.738. The number of rotatable bonds is 0. The van der Waals surface area contributed by atoms with Crippen LogP contribution in [0.15, 0.2) is 27.6 Å². The highest BCUT2D eigenvalue weighted by atomic mass is 79.9. The second-order valence-electron chi connectivity index (χ2n) is 2.54. The van der Waals surface area contributed by atoms with Crippen molar-refractivity contribution in [2.45, 2.75) is 0 Å². The summed E-state index contributed by atoms with van der Waals surface area (Å²) in [5.74, 6) is 0. The van der Waals surface area contributed by atoms with Gasteiger partial charge in [-0.15, -0.1) is 0 Å². The zero-order valence-corrected chi connectivity index (χ0v) is 8.69. The third-order valence-corrected chi connectivity index (χ3v) is 2.44. The molecule has 66 valence electrons. The van der Waals surface area contributed by atoms with E-state index < -0.39 is 0 Å². The lowest BCUT2D eigenvalue weighted by atomic mass is 10.3. The van der Waals surface area contributed by atoms with Crippen LogP contribution in [0.5, 0.6) is 0 Å². The summed E-state index contributed by atoms with van der Waals surface area (Å²) in [6.45, 7) is 0. The van der Waals surface area contributed by atoms with Crippen molar-refractivity contribution in [1.82, 2.24) is 9.97 Å². The molecule has 0 aliphatic heterocycles. The molecular formula is C8H4BrClN2O. The Morgan fingerprint density at radius 3 is 3.00 bits per heavy atom. The Morgan fingerprint density at radius 1 is 1.46 bits per heavy atom. The lowest BCUT2D eigenvalue weighted by molar-refractivity contribution is 1.26. The van der Waals surface area contributed by atoms with Gasteiger partial charge in [0.15, 0.2) is 0 Å². The van der Waals surface area contributed by atoms with E-state index in [0.29, 0.717) is 15.1 Å². The molecular weight excluding hydrogens is 255 g/mol. The Hall–Kier alpha value is -0.870. The number of fused-ring (bicyclic) bond motifs is 1. The molecule has 0 bridgehead atoms. The Bertz CT molecular complexity index is 523. The van der Waals surface area contributed by atoms with Gasteiger partial charge in [0.05, 0.1) is 9.99 Å². The summed E-state index contributed by atoms with van der Waals surface area (Å²) in [4.78, 5) is 17.8. The minimum absolute atomic E-state index is 0.172. The molecule has 0 atom stereocenters. The van der Waals surface area contributed by atoms with E-state index in [1.807, 2.05) is 0 Å². The number of nitrogens with one attached hydrogen (secondary N) is 1. The van der Waals surface area contributed by atoms with Crippen LogP contribution in [0.3, 0.4) is 0 Å². The summed E-state index contributed by atoms with van der Waals surface area (Å²) in [7, 11) is 0. The molecule has 0 amide bonds. The van der Waals surface area contributed by atoms with E-state index in [-0.39, 0.29) is 5.56 Å². The summed E-state index contributed by atoms with van der Waals surface area (Å²) >= 11 is 8.80. The molecule has 0 fully saturated rings. The molecule has 0 spiro atoms. The molecule has 3 nitrogen and oxygen atoms in total. The molecule has 0 saturated carbocycles. The molecule has 5 heteroatoms. The minimum Gasteiger partial charge on any atom is -0.321 e. The second-order valence-corrected chi connectivity index (χ2v) is 3.78. The standard InChI is InChI=1S/C8H4BrClN2O/c9-5-1-4-3-11-7(10)2-6(4)12-8(5)13/h1-3H,(H,12,13). The summed E-state index contributed by atoms with van der Waals surface area (Å²) in [5, 5.41) is 1.21. The first-order chi connectivity index (χ1) is 6.16. The van der Waals surface area contributed by atoms with Gasteiger partial charge in [0.25, 0.3) is 5.56 Å². The lowest BCUT2D eigenvalue weighted by Crippen LogP contribution is -2.05. The molecule has 0 aromatic carbocycles. The molecule has 2 rings (SSSR count). The van der Waals surface area contributed by atoms with Gasteiger partial charge < -0.3 is 4.98 Å². The predicted molar refractivity (Wildman–Crippen MR) is 55.1 cm³/mol. The molecule has 0 aliphatic rings. The lowest BCUT2D eigenvalue weighted by Gasteiger charge is -1.97. The highest BCUT2D eigenvalue weighted by Gasteiger charge is 2.00. The van der Waals surface area contributed by atoms with Crippen LogP contribution >= 0.6 is 27.5 Å². The Balaban J connectivity index is 2.89. The van der Waals surface area contributed by atoms with Gasteiger partial charge in [-0.3, -0.25) is 4.79 Å². The number of H-pyrrole nitrogens is 1. The summed E-state index contributed by atoms with van der Waals surface area (Å²) in [5.41, 5.74) is 0.517. The van der Waals surface area contributed by atoms with Crippen molar-refractivity contribution in [3.8, 4) is 0 Å². The predicted octanol–water partition coefficient (Wildman–Crippen LogP) is 2.34. The van der Waals surface area contributed by atoms with E-state index in [9.17, 15) is 4.79 Å². The van der Waals surface area contributed by atoms with Crippen molar-refractivity contribution in [3.63, 3.8) is 0 Å². The zero-order chi connectivity index (χ0) is 9.42. The summed E-state index contributed by atoms with van der Waals surface area (Å²) < 4.78 is 0.490. The highest BCUT2D eigenvalue weighted by Crippen LogP contribution is 2.15. The van der Waals surface area contributed by atoms with Crippen LogP contribution in [-0.4, -0.2) is 9.97 Å². The second kappa shape index (κ2) is 3.12. The van der Waals surface area contributed by atoms with Gasteiger partial charge in [-0.1, -0.05) is 11.6 Å². The number of pyridine rings is 2. The van der Waals surface area contributed by atoms with Crippen molar-refractivity contribution in [2.24, 2.45) is 0 Å². The minimum atomic E-state index is -0.172. The first-order valence-electron chi connectivity index (χ1n) is 3.51. The largest absolute Gasteiger partial charge is 0.321 e. The van der Waals surface area contributed by atoms with Crippen molar-refractivity contribution < 1.29 is 0 Å². The maximum atomic E-state index is 11.2. The molecule has 0 aliphatic carbocycles. The van der Waals surface area contributed by atoms with Gasteiger partial charge in [0, 0.05) is 11.6 Å². The van der Waals surface area contributed by atoms with Gasteiger partial charge in [0.2, 0.25) is 0 Å². The van der Waals surface area contributed by atoms with Gasteiger partial charge in [0.1, 0.15) is 5.15 Å². The molecule has 2 aromatic rings. The highest BCUT2D eigenvalue weighted by molar-refractivity contribution is 9.10. The van der Waals surface area contributed by atoms with Crippen molar-refractivity contribution >= 4 is 38.4 Å². The fraction of sp³-hybridized carbons (Fsp3) is 0. The summed E-state index contributed by atoms with van der Waals surface area (Å²) in [6.07, 6.45) is 1.61. The number of hydrogen-bond acceptors (Lipinski definition) is 2. The summed E-state index contributed by atoms with van der Waals surface area (Å²) in [6, 6.07) is 3.32. The van der Waals surface area contributed by atoms with Gasteiger partial charge in [-0.25, -0.2) is 4.98 Å². The number of nitrogens with zero attached hydrogens (tertiary/aromatic N) is 1. The van der Waals surface area contributed by atoms with Crippen LogP contribution in [0.4, 0.5) is 0 Å². The maximum Gasteiger partial charge on any atom is 0.262 e. The van der Waals surface area contributed by atoms with Crippen LogP contribution in [0, 0.1) is 0 Å².